The molecule has 0 bridgehead atoms. The maximum atomic E-state index is 12.9. The number of hydrogen-bond donors (Lipinski definition) is 2. The molecule has 0 saturated heterocycles. The van der Waals surface area contributed by atoms with Crippen LogP contribution >= 0.6 is 0 Å². The van der Waals surface area contributed by atoms with Crippen molar-refractivity contribution in [2.45, 2.75) is 6.55 Å². The number of benzene rings is 2. The smallest absolute Gasteiger partial charge is 0.333 e. The van der Waals surface area contributed by atoms with Crippen molar-refractivity contribution in [1.29, 1.82) is 5.41 Å². The first kappa shape index (κ1) is 22.6. The summed E-state index contributed by atoms with van der Waals surface area (Å²) in [7, 11) is 1.48. The number of nitrogens with zero attached hydrogens (tertiary/aromatic N) is 4. The van der Waals surface area contributed by atoms with E-state index < -0.39 is 6.55 Å². The second-order valence-corrected chi connectivity index (χ2v) is 7.08. The Hall–Kier alpha value is -4.60. The Bertz CT molecular complexity index is 1400. The zero-order valence-corrected chi connectivity index (χ0v) is 18.0. The molecule has 4 aromatic rings. The molecule has 0 aliphatic carbocycles. The van der Waals surface area contributed by atoms with E-state index in [1.54, 1.807) is 18.2 Å². The summed E-state index contributed by atoms with van der Waals surface area (Å²) in [6, 6.07) is 15.7. The van der Waals surface area contributed by atoms with E-state index in [-0.39, 0.29) is 11.1 Å². The zero-order valence-electron chi connectivity index (χ0n) is 18.0. The van der Waals surface area contributed by atoms with E-state index in [4.69, 9.17) is 10.1 Å². The van der Waals surface area contributed by atoms with Gasteiger partial charge in [0.25, 0.3) is 0 Å². The molecule has 8 nitrogen and oxygen atoms in total. The fourth-order valence-electron chi connectivity index (χ4n) is 3.31. The molecule has 4 rings (SSSR count). The summed E-state index contributed by atoms with van der Waals surface area (Å²) in [5, 5.41) is 18.7. The van der Waals surface area contributed by atoms with Crippen LogP contribution in [-0.2, 0) is 0 Å². The average Bonchev–Trinajstić information content (AvgIpc) is 3.35. The summed E-state index contributed by atoms with van der Waals surface area (Å²) in [5.74, 6) is 0.415. The predicted molar refractivity (Wildman–Crippen MR) is 126 cm³/mol. The molecule has 0 radical (unpaired) electrons. The molecule has 2 N–H and O–H groups in total. The van der Waals surface area contributed by atoms with Crippen LogP contribution in [0.2, 0.25) is 0 Å². The van der Waals surface area contributed by atoms with Gasteiger partial charge in [-0.15, -0.1) is 0 Å². The molecule has 34 heavy (non-hydrogen) atoms. The van der Waals surface area contributed by atoms with Crippen LogP contribution in [0.15, 0.2) is 84.1 Å². The van der Waals surface area contributed by atoms with Crippen molar-refractivity contribution in [3.05, 3.63) is 95.2 Å². The minimum atomic E-state index is -2.73. The molecular weight excluding hydrogens is 442 g/mol. The Morgan fingerprint density at radius 1 is 1.15 bits per heavy atom. The van der Waals surface area contributed by atoms with Gasteiger partial charge in [-0.3, -0.25) is 4.79 Å². The summed E-state index contributed by atoms with van der Waals surface area (Å²) >= 11 is 0. The van der Waals surface area contributed by atoms with Crippen molar-refractivity contribution in [2.24, 2.45) is 0 Å². The molecule has 0 saturated carbocycles. The van der Waals surface area contributed by atoms with Gasteiger partial charge in [-0.1, -0.05) is 24.3 Å². The maximum Gasteiger partial charge on any atom is 0.333 e. The first-order valence-electron chi connectivity index (χ1n) is 10.1. The van der Waals surface area contributed by atoms with Gasteiger partial charge in [-0.25, -0.2) is 9.36 Å². The number of nitrogens with one attached hydrogen (secondary N) is 2. The van der Waals surface area contributed by atoms with Crippen LogP contribution in [0, 0.1) is 5.41 Å². The first-order chi connectivity index (χ1) is 16.5. The summed E-state index contributed by atoms with van der Waals surface area (Å²) in [4.78, 5) is 12.6. The highest BCUT2D eigenvalue weighted by Gasteiger charge is 2.15. The normalized spacial score (nSPS) is 11.5. The second-order valence-electron chi connectivity index (χ2n) is 7.08. The van der Waals surface area contributed by atoms with E-state index in [1.165, 1.54) is 42.5 Å². The van der Waals surface area contributed by atoms with Gasteiger partial charge in [-0.05, 0) is 35.9 Å². The van der Waals surface area contributed by atoms with Gasteiger partial charge in [-0.2, -0.15) is 19.0 Å². The van der Waals surface area contributed by atoms with Crippen LogP contribution in [0.5, 0.6) is 5.75 Å². The van der Waals surface area contributed by atoms with E-state index in [1.807, 2.05) is 30.3 Å². The zero-order chi connectivity index (χ0) is 24.1. The molecule has 0 unspecified atom stereocenters. The van der Waals surface area contributed by atoms with Crippen LogP contribution < -0.4 is 15.5 Å². The van der Waals surface area contributed by atoms with Crippen molar-refractivity contribution in [3.63, 3.8) is 0 Å². The third-order valence-corrected chi connectivity index (χ3v) is 4.93. The monoisotopic (exact) mass is 462 g/mol. The molecule has 0 spiro atoms. The molecule has 0 aliphatic heterocycles. The number of hydrogen-bond acceptors (Lipinski definition) is 6. The summed E-state index contributed by atoms with van der Waals surface area (Å²) in [5.41, 5.74) is 2.53. The van der Waals surface area contributed by atoms with E-state index in [0.29, 0.717) is 32.9 Å². The minimum Gasteiger partial charge on any atom is -0.494 e. The number of halogens is 2. The lowest BCUT2D eigenvalue weighted by atomic mass is 10.1. The number of para-hydroxylation sites is 1. The number of methoxy groups -OCH3 is 1. The van der Waals surface area contributed by atoms with Crippen LogP contribution in [-0.4, -0.2) is 32.9 Å². The standard InChI is InChI=1S/C24H20F2N6O2/c1-34-22-13-16(17-14-28-32(15-17)24(25)26)7-8-20(22)31-12-10-21(33)23(30-31)19(9-11-27)29-18-5-3-2-4-6-18/h2-15,24,27,29H,1H3/b19-9-,27-11?. The van der Waals surface area contributed by atoms with Crippen LogP contribution in [0.1, 0.15) is 12.2 Å². The molecule has 10 heteroatoms. The molecule has 0 atom stereocenters. The summed E-state index contributed by atoms with van der Waals surface area (Å²) < 4.78 is 33.3. The van der Waals surface area contributed by atoms with E-state index in [9.17, 15) is 13.6 Å². The van der Waals surface area contributed by atoms with Gasteiger partial charge < -0.3 is 15.5 Å². The lowest BCUT2D eigenvalue weighted by molar-refractivity contribution is 0.0566. The van der Waals surface area contributed by atoms with E-state index in [0.717, 1.165) is 11.9 Å². The first-order valence-corrected chi connectivity index (χ1v) is 10.1. The number of aromatic nitrogens is 4. The topological polar surface area (TPSA) is 97.8 Å². The quantitative estimate of drug-likeness (QED) is 0.373. The van der Waals surface area contributed by atoms with Crippen molar-refractivity contribution in [2.75, 3.05) is 12.4 Å². The molecule has 2 aromatic heterocycles. The van der Waals surface area contributed by atoms with Crippen molar-refractivity contribution < 1.29 is 13.5 Å². The number of alkyl halides is 2. The van der Waals surface area contributed by atoms with Gasteiger partial charge >= 0.3 is 6.55 Å². The third-order valence-electron chi connectivity index (χ3n) is 4.93. The molecule has 0 amide bonds. The van der Waals surface area contributed by atoms with Gasteiger partial charge in [0.15, 0.2) is 5.69 Å². The Labute approximate surface area is 193 Å². The molecule has 2 aromatic carbocycles. The number of allylic oxidation sites excluding steroid dienone is 1. The maximum absolute atomic E-state index is 12.9. The van der Waals surface area contributed by atoms with Crippen molar-refractivity contribution in [1.82, 2.24) is 19.6 Å². The fraction of sp³-hybridized carbons (Fsp3) is 0.0833. The Kier molecular flexibility index (Phi) is 6.58. The molecule has 172 valence electrons. The van der Waals surface area contributed by atoms with Crippen LogP contribution in [0.4, 0.5) is 14.5 Å². The largest absolute Gasteiger partial charge is 0.494 e. The highest BCUT2D eigenvalue weighted by Crippen LogP contribution is 2.30. The van der Waals surface area contributed by atoms with Gasteiger partial charge in [0, 0.05) is 35.9 Å². The summed E-state index contributed by atoms with van der Waals surface area (Å²) in [6.07, 6.45) is 6.61. The number of ether oxygens (including phenoxy) is 1. The minimum absolute atomic E-state index is 0.110. The fourth-order valence-corrected chi connectivity index (χ4v) is 3.31. The number of rotatable bonds is 8. The SMILES string of the molecule is COc1cc(-c2cnn(C(F)F)c2)ccc1-n1ccc(=O)c(/C(=C/C=N)Nc2ccccc2)n1. The average molecular weight is 462 g/mol. The Balaban J connectivity index is 1.73. The molecular formula is C24H20F2N6O2. The second kappa shape index (κ2) is 9.90. The van der Waals surface area contributed by atoms with E-state index >= 15 is 0 Å². The lowest BCUT2D eigenvalue weighted by Crippen LogP contribution is -2.18. The van der Waals surface area contributed by atoms with Crippen molar-refractivity contribution in [3.8, 4) is 22.6 Å². The number of anilines is 1. The highest BCUT2D eigenvalue weighted by atomic mass is 19.3. The third kappa shape index (κ3) is 4.75. The predicted octanol–water partition coefficient (Wildman–Crippen LogP) is 4.60. The van der Waals surface area contributed by atoms with Gasteiger partial charge in [0.2, 0.25) is 5.43 Å². The van der Waals surface area contributed by atoms with Crippen LogP contribution in [0.25, 0.3) is 22.5 Å². The van der Waals surface area contributed by atoms with Crippen LogP contribution in [0.3, 0.4) is 0 Å². The van der Waals surface area contributed by atoms with Gasteiger partial charge in [0.1, 0.15) is 11.4 Å². The summed E-state index contributed by atoms with van der Waals surface area (Å²) in [6.45, 7) is -2.73. The highest BCUT2D eigenvalue weighted by molar-refractivity contribution is 5.86. The molecule has 0 fully saturated rings. The molecule has 0 aliphatic rings. The molecule has 2 heterocycles. The lowest BCUT2D eigenvalue weighted by Gasteiger charge is -2.14. The Morgan fingerprint density at radius 3 is 2.62 bits per heavy atom. The van der Waals surface area contributed by atoms with E-state index in [2.05, 4.69) is 15.5 Å². The van der Waals surface area contributed by atoms with Crippen molar-refractivity contribution >= 4 is 17.6 Å². The Morgan fingerprint density at radius 2 is 1.94 bits per heavy atom. The van der Waals surface area contributed by atoms with Gasteiger partial charge in [0.05, 0.1) is 19.0 Å².